The molecular formula is C16H26N2. The van der Waals surface area contributed by atoms with Crippen molar-refractivity contribution in [2.75, 3.05) is 7.05 Å². The Morgan fingerprint density at radius 3 is 2.94 bits per heavy atom. The highest BCUT2D eigenvalue weighted by Crippen LogP contribution is 2.37. The van der Waals surface area contributed by atoms with Crippen LogP contribution in [0, 0.1) is 11.8 Å². The van der Waals surface area contributed by atoms with Gasteiger partial charge in [0, 0.05) is 6.20 Å². The van der Waals surface area contributed by atoms with Crippen molar-refractivity contribution in [2.24, 2.45) is 11.8 Å². The molecule has 2 heteroatoms. The zero-order chi connectivity index (χ0) is 13.0. The fraction of sp³-hybridized carbons (Fsp3) is 0.688. The number of aromatic nitrogens is 1. The standard InChI is InChI=1S/C16H26N2/c1-4-13-9-6-10-18-16(13)15(17-3)14-8-5-7-12(2)11-14/h6,9-10,12,14-15,17H,4-5,7-8,11H2,1-3H3. The quantitative estimate of drug-likeness (QED) is 0.875. The average molecular weight is 246 g/mol. The van der Waals surface area contributed by atoms with Crippen LogP contribution >= 0.6 is 0 Å². The zero-order valence-corrected chi connectivity index (χ0v) is 11.9. The highest BCUT2D eigenvalue weighted by molar-refractivity contribution is 5.23. The second-order valence-corrected chi connectivity index (χ2v) is 5.70. The Bertz CT molecular complexity index is 375. The zero-order valence-electron chi connectivity index (χ0n) is 11.9. The number of hydrogen-bond donors (Lipinski definition) is 1. The highest BCUT2D eigenvalue weighted by Gasteiger charge is 2.28. The fourth-order valence-corrected chi connectivity index (χ4v) is 3.41. The van der Waals surface area contributed by atoms with Crippen molar-refractivity contribution in [1.82, 2.24) is 10.3 Å². The van der Waals surface area contributed by atoms with Crippen molar-refractivity contribution >= 4 is 0 Å². The molecule has 1 aromatic rings. The molecule has 100 valence electrons. The summed E-state index contributed by atoms with van der Waals surface area (Å²) in [6, 6.07) is 4.71. The third-order valence-electron chi connectivity index (χ3n) is 4.36. The lowest BCUT2D eigenvalue weighted by Crippen LogP contribution is -2.30. The molecule has 18 heavy (non-hydrogen) atoms. The van der Waals surface area contributed by atoms with Gasteiger partial charge in [-0.3, -0.25) is 4.98 Å². The Morgan fingerprint density at radius 2 is 2.28 bits per heavy atom. The van der Waals surface area contributed by atoms with Gasteiger partial charge >= 0.3 is 0 Å². The van der Waals surface area contributed by atoms with E-state index in [1.54, 1.807) is 0 Å². The predicted octanol–water partition coefficient (Wildman–Crippen LogP) is 3.73. The first-order chi connectivity index (χ1) is 8.76. The number of nitrogens with one attached hydrogen (secondary N) is 1. The lowest BCUT2D eigenvalue weighted by molar-refractivity contribution is 0.226. The van der Waals surface area contributed by atoms with Crippen molar-refractivity contribution in [2.45, 2.75) is 52.0 Å². The Kier molecular flexibility index (Phi) is 4.76. The van der Waals surface area contributed by atoms with Crippen LogP contribution in [0.5, 0.6) is 0 Å². The van der Waals surface area contributed by atoms with Gasteiger partial charge in [-0.05, 0) is 49.8 Å². The van der Waals surface area contributed by atoms with Gasteiger partial charge in [0.05, 0.1) is 11.7 Å². The summed E-state index contributed by atoms with van der Waals surface area (Å²) >= 11 is 0. The van der Waals surface area contributed by atoms with Gasteiger partial charge in [-0.2, -0.15) is 0 Å². The molecule has 0 aromatic carbocycles. The van der Waals surface area contributed by atoms with E-state index in [9.17, 15) is 0 Å². The molecule has 3 atom stereocenters. The van der Waals surface area contributed by atoms with Gasteiger partial charge in [0.2, 0.25) is 0 Å². The Morgan fingerprint density at radius 1 is 1.44 bits per heavy atom. The van der Waals surface area contributed by atoms with E-state index in [1.807, 2.05) is 6.20 Å². The molecule has 1 aliphatic rings. The van der Waals surface area contributed by atoms with Crippen LogP contribution in [0.25, 0.3) is 0 Å². The van der Waals surface area contributed by atoms with Crippen LogP contribution < -0.4 is 5.32 Å². The summed E-state index contributed by atoms with van der Waals surface area (Å²) in [4.78, 5) is 4.66. The maximum absolute atomic E-state index is 4.66. The summed E-state index contributed by atoms with van der Waals surface area (Å²) in [7, 11) is 2.08. The van der Waals surface area contributed by atoms with Crippen LogP contribution in [-0.2, 0) is 6.42 Å². The monoisotopic (exact) mass is 246 g/mol. The van der Waals surface area contributed by atoms with Gasteiger partial charge in [0.15, 0.2) is 0 Å². The lowest BCUT2D eigenvalue weighted by Gasteiger charge is -2.33. The van der Waals surface area contributed by atoms with Crippen molar-refractivity contribution in [3.8, 4) is 0 Å². The molecule has 1 aromatic heterocycles. The molecule has 0 saturated heterocycles. The molecule has 2 nitrogen and oxygen atoms in total. The lowest BCUT2D eigenvalue weighted by atomic mass is 9.77. The first kappa shape index (κ1) is 13.5. The maximum Gasteiger partial charge on any atom is 0.0607 e. The Labute approximate surface area is 111 Å². The summed E-state index contributed by atoms with van der Waals surface area (Å²) in [5, 5.41) is 3.52. The van der Waals surface area contributed by atoms with Crippen LogP contribution in [0.1, 0.15) is 56.8 Å². The third-order valence-corrected chi connectivity index (χ3v) is 4.36. The molecule has 2 rings (SSSR count). The van der Waals surface area contributed by atoms with Gasteiger partial charge in [0.1, 0.15) is 0 Å². The summed E-state index contributed by atoms with van der Waals surface area (Å²) < 4.78 is 0. The molecule has 0 radical (unpaired) electrons. The molecule has 1 aliphatic carbocycles. The number of rotatable bonds is 4. The van der Waals surface area contributed by atoms with Gasteiger partial charge in [-0.25, -0.2) is 0 Å². The van der Waals surface area contributed by atoms with Gasteiger partial charge < -0.3 is 5.32 Å². The first-order valence-electron chi connectivity index (χ1n) is 7.37. The van der Waals surface area contributed by atoms with Crippen LogP contribution in [-0.4, -0.2) is 12.0 Å². The SMILES string of the molecule is CCc1cccnc1C(NC)C1CCCC(C)C1. The molecule has 1 fully saturated rings. The van der Waals surface area contributed by atoms with Crippen LogP contribution in [0.3, 0.4) is 0 Å². The van der Waals surface area contributed by atoms with Crippen molar-refractivity contribution in [1.29, 1.82) is 0 Å². The maximum atomic E-state index is 4.66. The molecule has 1 heterocycles. The van der Waals surface area contributed by atoms with Gasteiger partial charge in [0.25, 0.3) is 0 Å². The number of aryl methyl sites for hydroxylation is 1. The van der Waals surface area contributed by atoms with Crippen molar-refractivity contribution in [3.05, 3.63) is 29.6 Å². The first-order valence-corrected chi connectivity index (χ1v) is 7.37. The molecule has 1 saturated carbocycles. The van der Waals surface area contributed by atoms with Crippen LogP contribution in [0.2, 0.25) is 0 Å². The number of hydrogen-bond acceptors (Lipinski definition) is 2. The Balaban J connectivity index is 2.21. The molecule has 0 bridgehead atoms. The van der Waals surface area contributed by atoms with E-state index in [0.29, 0.717) is 6.04 Å². The van der Waals surface area contributed by atoms with Gasteiger partial charge in [-0.1, -0.05) is 32.8 Å². The topological polar surface area (TPSA) is 24.9 Å². The van der Waals surface area contributed by atoms with E-state index in [4.69, 9.17) is 0 Å². The predicted molar refractivity (Wildman–Crippen MR) is 76.5 cm³/mol. The smallest absolute Gasteiger partial charge is 0.0607 e. The number of nitrogens with zero attached hydrogens (tertiary/aromatic N) is 1. The molecule has 0 aliphatic heterocycles. The fourth-order valence-electron chi connectivity index (χ4n) is 3.41. The summed E-state index contributed by atoms with van der Waals surface area (Å²) in [6.45, 7) is 4.61. The molecular weight excluding hydrogens is 220 g/mol. The molecule has 3 unspecified atom stereocenters. The summed E-state index contributed by atoms with van der Waals surface area (Å²) in [6.07, 6.45) is 8.46. The van der Waals surface area contributed by atoms with Gasteiger partial charge in [-0.15, -0.1) is 0 Å². The van der Waals surface area contributed by atoms with Crippen LogP contribution in [0.4, 0.5) is 0 Å². The van der Waals surface area contributed by atoms with E-state index in [1.165, 1.54) is 36.9 Å². The summed E-state index contributed by atoms with van der Waals surface area (Å²) in [5.74, 6) is 1.62. The third kappa shape index (κ3) is 2.92. The van der Waals surface area contributed by atoms with E-state index >= 15 is 0 Å². The van der Waals surface area contributed by atoms with E-state index < -0.39 is 0 Å². The average Bonchev–Trinajstić information content (AvgIpc) is 2.40. The minimum atomic E-state index is 0.434. The largest absolute Gasteiger partial charge is 0.311 e. The van der Waals surface area contributed by atoms with E-state index in [0.717, 1.165) is 18.3 Å². The highest BCUT2D eigenvalue weighted by atomic mass is 14.9. The molecule has 0 spiro atoms. The molecule has 1 N–H and O–H groups in total. The van der Waals surface area contributed by atoms with Crippen molar-refractivity contribution < 1.29 is 0 Å². The summed E-state index contributed by atoms with van der Waals surface area (Å²) in [5.41, 5.74) is 2.68. The minimum absolute atomic E-state index is 0.434. The van der Waals surface area contributed by atoms with Crippen LogP contribution in [0.15, 0.2) is 18.3 Å². The normalized spacial score (nSPS) is 25.9. The van der Waals surface area contributed by atoms with E-state index in [-0.39, 0.29) is 0 Å². The Hall–Kier alpha value is -0.890. The van der Waals surface area contributed by atoms with E-state index in [2.05, 4.69) is 43.3 Å². The molecule has 0 amide bonds. The second kappa shape index (κ2) is 6.33. The second-order valence-electron chi connectivity index (χ2n) is 5.70. The number of pyridine rings is 1. The van der Waals surface area contributed by atoms with Crippen molar-refractivity contribution in [3.63, 3.8) is 0 Å². The minimum Gasteiger partial charge on any atom is -0.311 e.